The lowest BCUT2D eigenvalue weighted by Gasteiger charge is -2.37. The third-order valence-electron chi connectivity index (χ3n) is 4.67. The standard InChI is InChI=1S/C16H23N3O4/c1-18-9-11(8-17-18)15-13(5-6-14(20)19(15)2)16(21)23-10-12-4-3-7-22-12/h8-9,12-13,15H,3-7,10H2,1-2H3. The number of piperidine rings is 1. The van der Waals surface area contributed by atoms with Crippen LogP contribution in [-0.2, 0) is 26.1 Å². The molecule has 3 heterocycles. The van der Waals surface area contributed by atoms with Gasteiger partial charge < -0.3 is 14.4 Å². The molecule has 7 nitrogen and oxygen atoms in total. The lowest BCUT2D eigenvalue weighted by Crippen LogP contribution is -2.43. The van der Waals surface area contributed by atoms with Crippen LogP contribution in [0.2, 0.25) is 0 Å². The molecular weight excluding hydrogens is 298 g/mol. The summed E-state index contributed by atoms with van der Waals surface area (Å²) < 4.78 is 12.6. The predicted molar refractivity (Wildman–Crippen MR) is 81.4 cm³/mol. The second-order valence-corrected chi connectivity index (χ2v) is 6.31. The number of ether oxygens (including phenoxy) is 2. The highest BCUT2D eigenvalue weighted by atomic mass is 16.6. The number of nitrogens with zero attached hydrogens (tertiary/aromatic N) is 3. The number of esters is 1. The molecule has 2 aliphatic heterocycles. The van der Waals surface area contributed by atoms with E-state index < -0.39 is 0 Å². The number of amides is 1. The summed E-state index contributed by atoms with van der Waals surface area (Å²) in [5.41, 5.74) is 0.863. The fraction of sp³-hybridized carbons (Fsp3) is 0.688. The number of hydrogen-bond acceptors (Lipinski definition) is 5. The molecule has 1 aromatic rings. The van der Waals surface area contributed by atoms with Gasteiger partial charge in [-0.2, -0.15) is 5.10 Å². The van der Waals surface area contributed by atoms with Crippen molar-refractivity contribution in [3.05, 3.63) is 18.0 Å². The minimum atomic E-state index is -0.358. The van der Waals surface area contributed by atoms with Crippen molar-refractivity contribution in [1.82, 2.24) is 14.7 Å². The molecule has 3 atom stereocenters. The first-order valence-electron chi connectivity index (χ1n) is 8.08. The molecule has 1 amide bonds. The second-order valence-electron chi connectivity index (χ2n) is 6.31. The van der Waals surface area contributed by atoms with E-state index in [1.807, 2.05) is 13.2 Å². The maximum absolute atomic E-state index is 12.6. The maximum Gasteiger partial charge on any atom is 0.311 e. The fourth-order valence-corrected chi connectivity index (χ4v) is 3.39. The third-order valence-corrected chi connectivity index (χ3v) is 4.67. The van der Waals surface area contributed by atoms with E-state index in [1.54, 1.807) is 22.8 Å². The SMILES string of the molecule is CN1C(=O)CCC(C(=O)OCC2CCCO2)C1c1cnn(C)c1. The second kappa shape index (κ2) is 6.70. The summed E-state index contributed by atoms with van der Waals surface area (Å²) >= 11 is 0. The summed E-state index contributed by atoms with van der Waals surface area (Å²) in [4.78, 5) is 26.2. The van der Waals surface area contributed by atoms with Gasteiger partial charge in [0.2, 0.25) is 5.91 Å². The van der Waals surface area contributed by atoms with Crippen molar-refractivity contribution in [2.45, 2.75) is 37.8 Å². The number of likely N-dealkylation sites (tertiary alicyclic amines) is 1. The zero-order valence-corrected chi connectivity index (χ0v) is 13.6. The monoisotopic (exact) mass is 321 g/mol. The molecule has 0 radical (unpaired) electrons. The van der Waals surface area contributed by atoms with Crippen LogP contribution in [0.1, 0.15) is 37.3 Å². The van der Waals surface area contributed by atoms with Crippen LogP contribution in [0.4, 0.5) is 0 Å². The molecule has 2 aliphatic rings. The molecule has 0 aromatic carbocycles. The Labute approximate surface area is 135 Å². The Morgan fingerprint density at radius 2 is 2.26 bits per heavy atom. The van der Waals surface area contributed by atoms with Crippen molar-refractivity contribution in [2.75, 3.05) is 20.3 Å². The van der Waals surface area contributed by atoms with E-state index >= 15 is 0 Å². The minimum Gasteiger partial charge on any atom is -0.463 e. The van der Waals surface area contributed by atoms with E-state index in [2.05, 4.69) is 5.10 Å². The van der Waals surface area contributed by atoms with Gasteiger partial charge in [0, 0.05) is 38.9 Å². The molecule has 3 rings (SSSR count). The van der Waals surface area contributed by atoms with Crippen molar-refractivity contribution in [1.29, 1.82) is 0 Å². The molecule has 2 saturated heterocycles. The van der Waals surface area contributed by atoms with Gasteiger partial charge in [-0.05, 0) is 19.3 Å². The molecule has 0 bridgehead atoms. The number of rotatable bonds is 4. The zero-order valence-electron chi connectivity index (χ0n) is 13.6. The van der Waals surface area contributed by atoms with Crippen LogP contribution in [-0.4, -0.2) is 52.9 Å². The normalized spacial score (nSPS) is 28.2. The summed E-state index contributed by atoms with van der Waals surface area (Å²) in [6.07, 6.45) is 6.39. The molecule has 3 unspecified atom stereocenters. The van der Waals surface area contributed by atoms with Crippen molar-refractivity contribution < 1.29 is 19.1 Å². The van der Waals surface area contributed by atoms with E-state index in [-0.39, 0.29) is 29.9 Å². The van der Waals surface area contributed by atoms with Gasteiger partial charge in [-0.15, -0.1) is 0 Å². The lowest BCUT2D eigenvalue weighted by molar-refractivity contribution is -0.159. The largest absolute Gasteiger partial charge is 0.463 e. The van der Waals surface area contributed by atoms with E-state index in [9.17, 15) is 9.59 Å². The van der Waals surface area contributed by atoms with Gasteiger partial charge in [0.05, 0.1) is 24.3 Å². The van der Waals surface area contributed by atoms with E-state index in [0.29, 0.717) is 19.4 Å². The molecule has 2 fully saturated rings. The number of aromatic nitrogens is 2. The van der Waals surface area contributed by atoms with Gasteiger partial charge in [-0.25, -0.2) is 0 Å². The highest BCUT2D eigenvalue weighted by Crippen LogP contribution is 2.36. The molecule has 23 heavy (non-hydrogen) atoms. The first-order chi connectivity index (χ1) is 11.1. The summed E-state index contributed by atoms with van der Waals surface area (Å²) in [5, 5.41) is 4.16. The smallest absolute Gasteiger partial charge is 0.311 e. The van der Waals surface area contributed by atoms with Crippen LogP contribution in [0.3, 0.4) is 0 Å². The molecule has 7 heteroatoms. The molecule has 0 saturated carbocycles. The summed E-state index contributed by atoms with van der Waals surface area (Å²) in [5.74, 6) is -0.570. The first-order valence-corrected chi connectivity index (χ1v) is 8.08. The van der Waals surface area contributed by atoms with Crippen LogP contribution in [0, 0.1) is 5.92 Å². The quantitative estimate of drug-likeness (QED) is 0.775. The molecule has 0 N–H and O–H groups in total. The highest BCUT2D eigenvalue weighted by molar-refractivity contribution is 5.82. The van der Waals surface area contributed by atoms with E-state index in [4.69, 9.17) is 9.47 Å². The zero-order chi connectivity index (χ0) is 16.4. The minimum absolute atomic E-state index is 0.0127. The average molecular weight is 321 g/mol. The van der Waals surface area contributed by atoms with Crippen LogP contribution in [0.25, 0.3) is 0 Å². The van der Waals surface area contributed by atoms with Crippen LogP contribution in [0.15, 0.2) is 12.4 Å². The van der Waals surface area contributed by atoms with E-state index in [0.717, 1.165) is 25.0 Å². The molecular formula is C16H23N3O4. The van der Waals surface area contributed by atoms with Crippen LogP contribution >= 0.6 is 0 Å². The Kier molecular flexibility index (Phi) is 4.66. The number of hydrogen-bond donors (Lipinski definition) is 0. The number of carbonyl (C=O) groups is 2. The van der Waals surface area contributed by atoms with Gasteiger partial charge in [0.15, 0.2) is 0 Å². The first kappa shape index (κ1) is 16.0. The highest BCUT2D eigenvalue weighted by Gasteiger charge is 2.40. The molecule has 1 aromatic heterocycles. The third kappa shape index (κ3) is 3.39. The van der Waals surface area contributed by atoms with Crippen molar-refractivity contribution >= 4 is 11.9 Å². The number of aryl methyl sites for hydroxylation is 1. The molecule has 0 spiro atoms. The Morgan fingerprint density at radius 1 is 1.43 bits per heavy atom. The fourth-order valence-electron chi connectivity index (χ4n) is 3.39. The van der Waals surface area contributed by atoms with Gasteiger partial charge in [-0.3, -0.25) is 14.3 Å². The van der Waals surface area contributed by atoms with Crippen molar-refractivity contribution in [3.63, 3.8) is 0 Å². The maximum atomic E-state index is 12.6. The molecule has 0 aliphatic carbocycles. The summed E-state index contributed by atoms with van der Waals surface area (Å²) in [7, 11) is 3.55. The van der Waals surface area contributed by atoms with Gasteiger partial charge in [0.25, 0.3) is 0 Å². The molecule has 126 valence electrons. The van der Waals surface area contributed by atoms with Crippen molar-refractivity contribution in [3.8, 4) is 0 Å². The van der Waals surface area contributed by atoms with E-state index in [1.165, 1.54) is 0 Å². The average Bonchev–Trinajstić information content (AvgIpc) is 3.19. The Bertz CT molecular complexity index is 580. The Balaban J connectivity index is 1.71. The Hall–Kier alpha value is -1.89. The van der Waals surface area contributed by atoms with Crippen molar-refractivity contribution in [2.24, 2.45) is 13.0 Å². The van der Waals surface area contributed by atoms with Crippen LogP contribution in [0.5, 0.6) is 0 Å². The Morgan fingerprint density at radius 3 is 2.91 bits per heavy atom. The summed E-state index contributed by atoms with van der Waals surface area (Å²) in [6, 6.07) is -0.318. The van der Waals surface area contributed by atoms with Gasteiger partial charge in [-0.1, -0.05) is 0 Å². The predicted octanol–water partition coefficient (Wildman–Crippen LogP) is 1.05. The van der Waals surface area contributed by atoms with Gasteiger partial charge >= 0.3 is 5.97 Å². The summed E-state index contributed by atoms with van der Waals surface area (Å²) in [6.45, 7) is 1.04. The lowest BCUT2D eigenvalue weighted by atomic mass is 9.86. The van der Waals surface area contributed by atoms with Gasteiger partial charge in [0.1, 0.15) is 6.61 Å². The number of carbonyl (C=O) groups excluding carboxylic acids is 2. The van der Waals surface area contributed by atoms with Crippen LogP contribution < -0.4 is 0 Å². The topological polar surface area (TPSA) is 73.7 Å².